The van der Waals surface area contributed by atoms with E-state index in [1.807, 2.05) is 36.4 Å². The predicted molar refractivity (Wildman–Crippen MR) is 183 cm³/mol. The van der Waals surface area contributed by atoms with Gasteiger partial charge in [0.2, 0.25) is 5.91 Å². The molecule has 0 radical (unpaired) electrons. The lowest BCUT2D eigenvalue weighted by molar-refractivity contribution is -0.133. The smallest absolute Gasteiger partial charge is 0.427 e. The van der Waals surface area contributed by atoms with Crippen LogP contribution in [-0.2, 0) is 30.2 Å². The molecule has 3 aromatic rings. The molecule has 2 aromatic carbocycles. The fourth-order valence-electron chi connectivity index (χ4n) is 4.73. The number of carbonyl (C=O) groups is 4. The molecule has 13 heteroatoms. The first-order chi connectivity index (χ1) is 22.1. The normalized spacial score (nSPS) is 14.3. The number of hydrogen-bond acceptors (Lipinski definition) is 10. The molecule has 11 nitrogen and oxygen atoms in total. The molecule has 3 rings (SSSR count). The zero-order valence-electron chi connectivity index (χ0n) is 26.3. The van der Waals surface area contributed by atoms with E-state index in [1.165, 1.54) is 31.8 Å². The Morgan fingerprint density at radius 3 is 2.20 bits per heavy atom. The van der Waals surface area contributed by atoms with Gasteiger partial charge in [0.1, 0.15) is 22.3 Å². The number of halogens is 1. The molecule has 0 unspecified atom stereocenters. The van der Waals surface area contributed by atoms with Crippen LogP contribution in [0.15, 0.2) is 66.9 Å². The number of para-hydroxylation sites is 1. The molecule has 1 aromatic heterocycles. The molecule has 0 saturated carbocycles. The second-order valence-electron chi connectivity index (χ2n) is 11.0. The summed E-state index contributed by atoms with van der Waals surface area (Å²) in [6, 6.07) is 16.8. The number of amides is 2. The summed E-state index contributed by atoms with van der Waals surface area (Å²) in [6.45, 7) is 3.48. The molecule has 1 heterocycles. The number of aromatic nitrogens is 1. The van der Waals surface area contributed by atoms with E-state index in [4.69, 9.17) is 18.9 Å². The first kappa shape index (κ1) is 37.1. The van der Waals surface area contributed by atoms with E-state index < -0.39 is 41.6 Å². The number of nitrogens with zero attached hydrogens (tertiary/aromatic N) is 1. The molecule has 2 amide bonds. The molecule has 0 saturated heterocycles. The number of nitrogens with one attached hydrogen (secondary N) is 2. The lowest BCUT2D eigenvalue weighted by atomic mass is 9.92. The number of rotatable bonds is 18. The topological polar surface area (TPSA) is 142 Å². The van der Waals surface area contributed by atoms with Gasteiger partial charge in [-0.05, 0) is 38.0 Å². The molecule has 248 valence electrons. The van der Waals surface area contributed by atoms with Gasteiger partial charge in [0.15, 0.2) is 5.78 Å². The molecular formula is C33H40IN3O8S. The van der Waals surface area contributed by atoms with Crippen LogP contribution in [0.1, 0.15) is 40.0 Å². The molecule has 0 fully saturated rings. The van der Waals surface area contributed by atoms with E-state index in [-0.39, 0.29) is 31.8 Å². The third-order valence-electron chi connectivity index (χ3n) is 6.96. The van der Waals surface area contributed by atoms with Crippen LogP contribution in [0.25, 0.3) is 0 Å². The summed E-state index contributed by atoms with van der Waals surface area (Å²) in [4.78, 5) is 57.1. The molecule has 2 N–H and O–H groups in total. The summed E-state index contributed by atoms with van der Waals surface area (Å²) < 4.78 is 22.1. The Bertz CT molecular complexity index is 1420. The highest BCUT2D eigenvalue weighted by molar-refractivity contribution is 14.1. The van der Waals surface area contributed by atoms with Crippen molar-refractivity contribution in [3.63, 3.8) is 0 Å². The number of aryl methyl sites for hydroxylation is 1. The molecule has 0 aliphatic rings. The van der Waals surface area contributed by atoms with Gasteiger partial charge in [-0.1, -0.05) is 71.1 Å². The van der Waals surface area contributed by atoms with Crippen LogP contribution in [0.4, 0.5) is 4.79 Å². The van der Waals surface area contributed by atoms with Gasteiger partial charge in [-0.2, -0.15) is 0 Å². The monoisotopic (exact) mass is 765 g/mol. The number of hydrogen-bond donors (Lipinski definition) is 2. The van der Waals surface area contributed by atoms with Crippen LogP contribution in [0.5, 0.6) is 5.75 Å². The number of Topliss-reactive ketones (excluding diaryl/α,β-unsaturated/α-hetero) is 1. The van der Waals surface area contributed by atoms with Crippen molar-refractivity contribution in [3.8, 4) is 5.75 Å². The number of alkyl halides is 1. The lowest BCUT2D eigenvalue weighted by Gasteiger charge is -2.32. The fourth-order valence-corrected chi connectivity index (χ4v) is 5.88. The number of ketones is 1. The summed E-state index contributed by atoms with van der Waals surface area (Å²) in [5.74, 6) is -1.72. The highest BCUT2D eigenvalue weighted by Crippen LogP contribution is 2.25. The number of thiazole rings is 1. The average Bonchev–Trinajstić information content (AvgIpc) is 3.47. The first-order valence-corrected chi connectivity index (χ1v) is 17.0. The van der Waals surface area contributed by atoms with Gasteiger partial charge in [0.05, 0.1) is 30.3 Å². The van der Waals surface area contributed by atoms with Crippen LogP contribution in [0, 0.1) is 12.8 Å². The molecular weight excluding hydrogens is 725 g/mol. The van der Waals surface area contributed by atoms with Crippen molar-refractivity contribution in [2.45, 2.75) is 50.8 Å². The first-order valence-electron chi connectivity index (χ1n) is 14.7. The maximum absolute atomic E-state index is 13.7. The second kappa shape index (κ2) is 18.7. The minimum absolute atomic E-state index is 0.0270. The van der Waals surface area contributed by atoms with Crippen LogP contribution in [-0.4, -0.2) is 78.3 Å². The zero-order valence-corrected chi connectivity index (χ0v) is 29.3. The number of carbonyl (C=O) groups excluding carboxylic acids is 4. The van der Waals surface area contributed by atoms with Crippen molar-refractivity contribution in [3.05, 3.63) is 82.3 Å². The van der Waals surface area contributed by atoms with E-state index in [0.717, 1.165) is 10.6 Å². The average molecular weight is 766 g/mol. The van der Waals surface area contributed by atoms with E-state index in [1.54, 1.807) is 38.1 Å². The van der Waals surface area contributed by atoms with Gasteiger partial charge in [-0.25, -0.2) is 9.78 Å². The molecule has 0 spiro atoms. The highest BCUT2D eigenvalue weighted by atomic mass is 127. The summed E-state index contributed by atoms with van der Waals surface area (Å²) in [5, 5.41) is 6.50. The maximum Gasteiger partial charge on any atom is 0.514 e. The number of benzene rings is 2. The van der Waals surface area contributed by atoms with Gasteiger partial charge in [-0.15, -0.1) is 11.3 Å². The van der Waals surface area contributed by atoms with Crippen LogP contribution in [0.2, 0.25) is 0 Å². The minimum Gasteiger partial charge on any atom is -0.427 e. The summed E-state index contributed by atoms with van der Waals surface area (Å²) >= 11 is 3.35. The number of ether oxygens (including phenoxy) is 4. The van der Waals surface area contributed by atoms with Gasteiger partial charge >= 0.3 is 6.16 Å². The molecule has 0 bridgehead atoms. The SMILES string of the molecule is COC[C@H](CC(=O)[C@H](COC)NC(=O)c1cnc(C)s1)C(=O)N[C@@H](Cc1ccccc1)C[C@@](C)(CI)OC(=O)Oc1ccccc1. The summed E-state index contributed by atoms with van der Waals surface area (Å²) in [5.41, 5.74) is -0.0230. The lowest BCUT2D eigenvalue weighted by Crippen LogP contribution is -2.49. The highest BCUT2D eigenvalue weighted by Gasteiger charge is 2.35. The van der Waals surface area contributed by atoms with Crippen molar-refractivity contribution >= 4 is 57.7 Å². The van der Waals surface area contributed by atoms with Crippen LogP contribution >= 0.6 is 33.9 Å². The third kappa shape index (κ3) is 12.1. The Labute approximate surface area is 286 Å². The Hall–Kier alpha value is -3.40. The fraction of sp³-hybridized carbons (Fsp3) is 0.424. The van der Waals surface area contributed by atoms with Crippen molar-refractivity contribution in [1.82, 2.24) is 15.6 Å². The van der Waals surface area contributed by atoms with E-state index >= 15 is 0 Å². The van der Waals surface area contributed by atoms with Crippen molar-refractivity contribution in [1.29, 1.82) is 0 Å². The largest absolute Gasteiger partial charge is 0.514 e. The van der Waals surface area contributed by atoms with Gasteiger partial charge in [-0.3, -0.25) is 14.4 Å². The Kier molecular flexibility index (Phi) is 15.0. The zero-order chi connectivity index (χ0) is 33.5. The van der Waals surface area contributed by atoms with Gasteiger partial charge in [0, 0.05) is 37.5 Å². The van der Waals surface area contributed by atoms with Crippen LogP contribution in [0.3, 0.4) is 0 Å². The van der Waals surface area contributed by atoms with Crippen LogP contribution < -0.4 is 15.4 Å². The summed E-state index contributed by atoms with van der Waals surface area (Å²) in [7, 11) is 2.88. The minimum atomic E-state index is -0.991. The van der Waals surface area contributed by atoms with E-state index in [0.29, 0.717) is 21.5 Å². The predicted octanol–water partition coefficient (Wildman–Crippen LogP) is 4.95. The molecule has 0 aliphatic carbocycles. The maximum atomic E-state index is 13.7. The molecule has 4 atom stereocenters. The third-order valence-corrected chi connectivity index (χ3v) is 9.49. The van der Waals surface area contributed by atoms with E-state index in [9.17, 15) is 19.2 Å². The van der Waals surface area contributed by atoms with Gasteiger partial charge in [0.25, 0.3) is 5.91 Å². The standard InChI is InChI=1S/C33H40IN3O8S/c1-22-35-18-29(46-22)31(40)37-27(20-43-4)28(38)16-24(19-42-3)30(39)36-25(15-23-11-7-5-8-12-23)17-33(2,21-34)45-32(41)44-26-13-9-6-10-14-26/h5-14,18,24-25,27H,15-17,19-21H2,1-4H3,(H,36,39)(H,37,40)/t24-,25-,27-,33-/m0/s1. The number of methoxy groups -OCH3 is 2. The van der Waals surface area contributed by atoms with Gasteiger partial charge < -0.3 is 29.6 Å². The molecule has 46 heavy (non-hydrogen) atoms. The van der Waals surface area contributed by atoms with Crippen molar-refractivity contribution < 1.29 is 38.1 Å². The second-order valence-corrected chi connectivity index (χ2v) is 13.0. The molecule has 0 aliphatic heterocycles. The Morgan fingerprint density at radius 1 is 0.957 bits per heavy atom. The Morgan fingerprint density at radius 2 is 1.61 bits per heavy atom. The van der Waals surface area contributed by atoms with Crippen molar-refractivity contribution in [2.75, 3.05) is 31.9 Å². The summed E-state index contributed by atoms with van der Waals surface area (Å²) in [6.07, 6.45) is 1.12. The van der Waals surface area contributed by atoms with E-state index in [2.05, 4.69) is 38.2 Å². The Balaban J connectivity index is 1.74. The quantitative estimate of drug-likeness (QED) is 0.0797. The van der Waals surface area contributed by atoms with Crippen molar-refractivity contribution in [2.24, 2.45) is 5.92 Å².